The van der Waals surface area contributed by atoms with Gasteiger partial charge in [0.1, 0.15) is 0 Å². The monoisotopic (exact) mass is 209 g/mol. The molecule has 1 rings (SSSR count). The fraction of sp³-hybridized carbons (Fsp3) is 0.400. The first-order chi connectivity index (χ1) is 7.24. The fourth-order valence-corrected chi connectivity index (χ4v) is 1.35. The van der Waals surface area contributed by atoms with E-state index >= 15 is 0 Å². The number of rotatable bonds is 6. The minimum atomic E-state index is 0.357. The molecule has 0 saturated carbocycles. The molecule has 0 aliphatic carbocycles. The van der Waals surface area contributed by atoms with Gasteiger partial charge in [-0.25, -0.2) is 0 Å². The van der Waals surface area contributed by atoms with Gasteiger partial charge in [0.25, 0.3) is 5.88 Å². The Balaban J connectivity index is 2.98. The molecule has 0 aromatic carbocycles. The average Bonchev–Trinajstić information content (AvgIpc) is 2.59. The Morgan fingerprint density at radius 2 is 2.07 bits per heavy atom. The predicted octanol–water partition coefficient (Wildman–Crippen LogP) is 0.417. The summed E-state index contributed by atoms with van der Waals surface area (Å²) in [6.45, 7) is 10.7. The molecule has 0 saturated heterocycles. The second kappa shape index (κ2) is 5.19. The summed E-state index contributed by atoms with van der Waals surface area (Å²) in [5, 5.41) is 5.80. The molecule has 82 valence electrons. The van der Waals surface area contributed by atoms with E-state index in [4.69, 9.17) is 10.3 Å². The van der Waals surface area contributed by atoms with Crippen molar-refractivity contribution in [2.24, 2.45) is 0 Å². The summed E-state index contributed by atoms with van der Waals surface area (Å²) in [5.41, 5.74) is 6.51. The molecule has 0 aliphatic heterocycles. The number of aromatic nitrogens is 2. The number of nitrogens with zero attached hydrogens (tertiary/aromatic N) is 3. The SMILES string of the molecule is C=CCN(CC=C)[n+]1noc(N)c1CC. The van der Waals surface area contributed by atoms with Crippen LogP contribution in [0.1, 0.15) is 12.6 Å². The smallest absolute Gasteiger partial charge is 0.307 e. The van der Waals surface area contributed by atoms with Gasteiger partial charge >= 0.3 is 5.69 Å². The molecule has 0 amide bonds. The summed E-state index contributed by atoms with van der Waals surface area (Å²) >= 11 is 0. The molecule has 5 nitrogen and oxygen atoms in total. The van der Waals surface area contributed by atoms with Gasteiger partial charge in [0.05, 0.1) is 17.9 Å². The third kappa shape index (κ3) is 2.37. The average molecular weight is 209 g/mol. The van der Waals surface area contributed by atoms with Gasteiger partial charge in [-0.15, -0.1) is 18.2 Å². The molecular formula is C10H17N4O+. The van der Waals surface area contributed by atoms with E-state index in [0.717, 1.165) is 12.1 Å². The zero-order valence-electron chi connectivity index (χ0n) is 9.02. The maximum absolute atomic E-state index is 5.65. The first-order valence-corrected chi connectivity index (χ1v) is 4.88. The molecule has 0 atom stereocenters. The number of nitrogens with two attached hydrogens (primary N) is 1. The maximum Gasteiger partial charge on any atom is 0.307 e. The van der Waals surface area contributed by atoms with E-state index in [0.29, 0.717) is 19.0 Å². The fourth-order valence-electron chi connectivity index (χ4n) is 1.35. The zero-order valence-corrected chi connectivity index (χ0v) is 9.02. The van der Waals surface area contributed by atoms with Gasteiger partial charge in [0.15, 0.2) is 0 Å². The summed E-state index contributed by atoms with van der Waals surface area (Å²) in [7, 11) is 0. The predicted molar refractivity (Wildman–Crippen MR) is 58.8 cm³/mol. The number of hydrogen-bond donors (Lipinski definition) is 1. The van der Waals surface area contributed by atoms with Crippen LogP contribution in [0.5, 0.6) is 0 Å². The van der Waals surface area contributed by atoms with E-state index in [9.17, 15) is 0 Å². The molecular weight excluding hydrogens is 192 g/mol. The Hall–Kier alpha value is -1.78. The highest BCUT2D eigenvalue weighted by molar-refractivity contribution is 5.24. The minimum absolute atomic E-state index is 0.357. The maximum atomic E-state index is 5.65. The largest absolute Gasteiger partial charge is 0.362 e. The molecule has 5 heteroatoms. The number of hydrogen-bond acceptors (Lipinski definition) is 4. The minimum Gasteiger partial charge on any atom is -0.362 e. The molecule has 0 unspecified atom stereocenters. The van der Waals surface area contributed by atoms with Crippen molar-refractivity contribution in [1.82, 2.24) is 5.27 Å². The van der Waals surface area contributed by atoms with Gasteiger partial charge in [-0.1, -0.05) is 19.1 Å². The van der Waals surface area contributed by atoms with Crippen LogP contribution in [0.3, 0.4) is 0 Å². The third-order valence-electron chi connectivity index (χ3n) is 2.02. The summed E-state index contributed by atoms with van der Waals surface area (Å²) in [5.74, 6) is 0.357. The van der Waals surface area contributed by atoms with Crippen molar-refractivity contribution in [1.29, 1.82) is 0 Å². The van der Waals surface area contributed by atoms with Crippen molar-refractivity contribution in [2.45, 2.75) is 13.3 Å². The highest BCUT2D eigenvalue weighted by Crippen LogP contribution is 2.04. The van der Waals surface area contributed by atoms with Crippen LogP contribution < -0.4 is 15.5 Å². The van der Waals surface area contributed by atoms with E-state index in [1.54, 1.807) is 16.9 Å². The highest BCUT2D eigenvalue weighted by atomic mass is 16.5. The van der Waals surface area contributed by atoms with Gasteiger partial charge in [0, 0.05) is 6.42 Å². The molecule has 0 bridgehead atoms. The van der Waals surface area contributed by atoms with Crippen LogP contribution in [0.2, 0.25) is 0 Å². The quantitative estimate of drug-likeness (QED) is 0.545. The van der Waals surface area contributed by atoms with Gasteiger partial charge in [-0.05, 0) is 0 Å². The van der Waals surface area contributed by atoms with Crippen LogP contribution in [0, 0.1) is 0 Å². The van der Waals surface area contributed by atoms with Crippen LogP contribution in [0.25, 0.3) is 0 Å². The van der Waals surface area contributed by atoms with Crippen molar-refractivity contribution in [3.05, 3.63) is 31.0 Å². The lowest BCUT2D eigenvalue weighted by molar-refractivity contribution is -0.762. The van der Waals surface area contributed by atoms with E-state index < -0.39 is 0 Å². The van der Waals surface area contributed by atoms with Gasteiger partial charge in [-0.2, -0.15) is 0 Å². The Kier molecular flexibility index (Phi) is 3.91. The molecule has 1 aromatic rings. The van der Waals surface area contributed by atoms with E-state index in [1.807, 2.05) is 11.9 Å². The van der Waals surface area contributed by atoms with Crippen LogP contribution in [-0.4, -0.2) is 18.4 Å². The number of anilines is 1. The topological polar surface area (TPSA) is 59.2 Å². The lowest BCUT2D eigenvalue weighted by Gasteiger charge is -2.09. The highest BCUT2D eigenvalue weighted by Gasteiger charge is 2.25. The van der Waals surface area contributed by atoms with Crippen molar-refractivity contribution in [2.75, 3.05) is 23.8 Å². The summed E-state index contributed by atoms with van der Waals surface area (Å²) in [4.78, 5) is 1.67. The Morgan fingerprint density at radius 3 is 2.53 bits per heavy atom. The van der Waals surface area contributed by atoms with E-state index in [1.165, 1.54) is 0 Å². The summed E-state index contributed by atoms with van der Waals surface area (Å²) in [6, 6.07) is 0. The van der Waals surface area contributed by atoms with Crippen molar-refractivity contribution in [3.63, 3.8) is 0 Å². The molecule has 0 radical (unpaired) electrons. The second-order valence-corrected chi connectivity index (χ2v) is 3.08. The van der Waals surface area contributed by atoms with Gasteiger partial charge < -0.3 is 5.73 Å². The number of nitrogen functional groups attached to an aromatic ring is 1. The molecule has 15 heavy (non-hydrogen) atoms. The lowest BCUT2D eigenvalue weighted by atomic mass is 10.3. The molecule has 1 heterocycles. The van der Waals surface area contributed by atoms with E-state index in [2.05, 4.69) is 18.4 Å². The summed E-state index contributed by atoms with van der Waals surface area (Å²) < 4.78 is 4.94. The molecule has 0 fully saturated rings. The molecule has 2 N–H and O–H groups in total. The van der Waals surface area contributed by atoms with Gasteiger partial charge in [-0.3, -0.25) is 4.52 Å². The Labute approximate surface area is 89.4 Å². The lowest BCUT2D eigenvalue weighted by Crippen LogP contribution is -2.61. The normalized spacial score (nSPS) is 9.93. The molecule has 0 spiro atoms. The van der Waals surface area contributed by atoms with Crippen molar-refractivity contribution >= 4 is 5.88 Å². The van der Waals surface area contributed by atoms with Crippen molar-refractivity contribution < 1.29 is 9.31 Å². The standard InChI is InChI=1S/C10H17N4O/c1-4-7-13(8-5-2)14-9(6-3)10(11)15-12-14/h4-5H,1-2,6-8,11H2,3H3/q+1. The Bertz CT molecular complexity index is 335. The van der Waals surface area contributed by atoms with Crippen LogP contribution in [0.15, 0.2) is 29.8 Å². The van der Waals surface area contributed by atoms with Crippen molar-refractivity contribution in [3.8, 4) is 0 Å². The molecule has 1 aromatic heterocycles. The molecule has 0 aliphatic rings. The second-order valence-electron chi connectivity index (χ2n) is 3.08. The van der Waals surface area contributed by atoms with Crippen LogP contribution in [-0.2, 0) is 6.42 Å². The van der Waals surface area contributed by atoms with E-state index in [-0.39, 0.29) is 0 Å². The first-order valence-electron chi connectivity index (χ1n) is 4.88. The zero-order chi connectivity index (χ0) is 11.3. The van der Waals surface area contributed by atoms with Crippen LogP contribution in [0.4, 0.5) is 5.88 Å². The van der Waals surface area contributed by atoms with Gasteiger partial charge in [0.2, 0.25) is 5.27 Å². The first kappa shape index (κ1) is 11.3. The van der Waals surface area contributed by atoms with Crippen LogP contribution >= 0.6 is 0 Å². The third-order valence-corrected chi connectivity index (χ3v) is 2.02. The summed E-state index contributed by atoms with van der Waals surface area (Å²) in [6.07, 6.45) is 4.35. The Morgan fingerprint density at radius 1 is 1.47 bits per heavy atom.